The molecule has 176 valence electrons. The summed E-state index contributed by atoms with van der Waals surface area (Å²) in [5, 5.41) is 2.68. The number of benzene rings is 1. The molecule has 1 amide bonds. The number of amides is 1. The van der Waals surface area contributed by atoms with E-state index in [4.69, 9.17) is 14.2 Å². The van der Waals surface area contributed by atoms with Gasteiger partial charge in [0.1, 0.15) is 23.3 Å². The molecule has 0 spiro atoms. The van der Waals surface area contributed by atoms with Crippen LogP contribution < -0.4 is 10.1 Å². The Balaban J connectivity index is 1.33. The summed E-state index contributed by atoms with van der Waals surface area (Å²) in [7, 11) is 0. The Bertz CT molecular complexity index is 1050. The molecule has 10 heteroatoms. The summed E-state index contributed by atoms with van der Waals surface area (Å²) >= 11 is 0. The lowest BCUT2D eigenvalue weighted by Gasteiger charge is -2.46. The molecular weight excluding hydrogens is 434 g/mol. The lowest BCUT2D eigenvalue weighted by Crippen LogP contribution is -2.59. The van der Waals surface area contributed by atoms with Gasteiger partial charge in [-0.2, -0.15) is 9.37 Å². The molecule has 2 bridgehead atoms. The van der Waals surface area contributed by atoms with Crippen LogP contribution in [0.2, 0.25) is 0 Å². The molecule has 3 fully saturated rings. The van der Waals surface area contributed by atoms with E-state index in [1.807, 2.05) is 6.92 Å². The first-order valence-corrected chi connectivity index (χ1v) is 11.1. The second kappa shape index (κ2) is 8.40. The van der Waals surface area contributed by atoms with Crippen LogP contribution in [-0.2, 0) is 9.47 Å². The van der Waals surface area contributed by atoms with Gasteiger partial charge in [-0.05, 0) is 38.8 Å². The van der Waals surface area contributed by atoms with Gasteiger partial charge >= 0.3 is 6.09 Å². The van der Waals surface area contributed by atoms with E-state index in [-0.39, 0.29) is 52.8 Å². The van der Waals surface area contributed by atoms with Crippen LogP contribution in [-0.4, -0.2) is 59.0 Å². The van der Waals surface area contributed by atoms with E-state index in [9.17, 15) is 9.18 Å². The zero-order chi connectivity index (χ0) is 23.2. The largest absolute Gasteiger partial charge is 0.471 e. The van der Waals surface area contributed by atoms with E-state index in [1.165, 1.54) is 12.1 Å². The van der Waals surface area contributed by atoms with Gasteiger partial charge in [0.15, 0.2) is 5.82 Å². The van der Waals surface area contributed by atoms with Gasteiger partial charge in [0.25, 0.3) is 5.88 Å². The van der Waals surface area contributed by atoms with Crippen LogP contribution in [0.5, 0.6) is 5.88 Å². The van der Waals surface area contributed by atoms with Crippen molar-refractivity contribution in [2.45, 2.75) is 38.4 Å². The van der Waals surface area contributed by atoms with Gasteiger partial charge in [-0.3, -0.25) is 0 Å². The number of aryl methyl sites for hydroxylation is 1. The number of carbonyl (C=O) groups excluding carboxylic acids is 1. The Morgan fingerprint density at radius 2 is 1.88 bits per heavy atom. The highest BCUT2D eigenvalue weighted by Crippen LogP contribution is 2.40. The molecule has 3 aliphatic rings. The van der Waals surface area contributed by atoms with Gasteiger partial charge in [-0.15, -0.1) is 0 Å². The molecular formula is C23H26F2N4O4. The van der Waals surface area contributed by atoms with Gasteiger partial charge in [0.05, 0.1) is 18.9 Å². The molecule has 5 rings (SSSR count). The van der Waals surface area contributed by atoms with Gasteiger partial charge in [-0.25, -0.2) is 14.2 Å². The number of piperidine rings is 1. The summed E-state index contributed by atoms with van der Waals surface area (Å²) < 4.78 is 46.6. The highest BCUT2D eigenvalue weighted by atomic mass is 19.1. The number of aromatic nitrogens is 2. The number of hydrogen-bond acceptors (Lipinski definition) is 7. The second-order valence-electron chi connectivity index (χ2n) is 9.21. The Labute approximate surface area is 190 Å². The molecule has 1 aliphatic carbocycles. The molecule has 2 aliphatic heterocycles. The summed E-state index contributed by atoms with van der Waals surface area (Å²) in [6.07, 6.45) is 1.04. The third-order valence-electron chi connectivity index (χ3n) is 6.36. The number of halogens is 2. The smallest absolute Gasteiger partial charge is 0.410 e. The van der Waals surface area contributed by atoms with Crippen molar-refractivity contribution in [1.29, 1.82) is 0 Å². The third-order valence-corrected chi connectivity index (χ3v) is 6.36. The van der Waals surface area contributed by atoms with Gasteiger partial charge in [0.2, 0.25) is 5.82 Å². The Morgan fingerprint density at radius 1 is 1.18 bits per heavy atom. The van der Waals surface area contributed by atoms with Crippen molar-refractivity contribution in [3.63, 3.8) is 0 Å². The maximum Gasteiger partial charge on any atom is 0.410 e. The fourth-order valence-electron chi connectivity index (χ4n) is 4.31. The molecule has 33 heavy (non-hydrogen) atoms. The number of rotatable bonds is 5. The van der Waals surface area contributed by atoms with Gasteiger partial charge in [0, 0.05) is 24.9 Å². The number of nitrogens with one attached hydrogen (secondary N) is 1. The average molecular weight is 460 g/mol. The molecule has 1 aromatic carbocycles. The molecule has 2 saturated heterocycles. The van der Waals surface area contributed by atoms with Gasteiger partial charge < -0.3 is 24.4 Å². The minimum atomic E-state index is -0.800. The molecule has 2 atom stereocenters. The highest BCUT2D eigenvalue weighted by Gasteiger charge is 2.47. The predicted molar refractivity (Wildman–Crippen MR) is 114 cm³/mol. The van der Waals surface area contributed by atoms with E-state index in [2.05, 4.69) is 15.3 Å². The van der Waals surface area contributed by atoms with Crippen molar-refractivity contribution in [2.75, 3.05) is 31.6 Å². The average Bonchev–Trinajstić information content (AvgIpc) is 3.49. The standard InChI is InChI=1S/C23H26F2N4O4/c1-13-26-20(28-17-6-4-3-5-16(17)24)18(25)21(27-13)32-19-14-9-29(10-15(19)12-31-11-14)22(30)33-23(2)7-8-23/h3-6,14-15,19H,7-12H2,1-2H3,(H,26,27,28). The quantitative estimate of drug-likeness (QED) is 0.726. The second-order valence-corrected chi connectivity index (χ2v) is 9.21. The first-order chi connectivity index (χ1) is 15.8. The third kappa shape index (κ3) is 4.57. The zero-order valence-corrected chi connectivity index (χ0v) is 18.5. The number of fused-ring (bicyclic) bond motifs is 2. The number of likely N-dealkylation sites (tertiary alicyclic amines) is 1. The fraction of sp³-hybridized carbons (Fsp3) is 0.522. The predicted octanol–water partition coefficient (Wildman–Crippen LogP) is 3.82. The Morgan fingerprint density at radius 3 is 2.55 bits per heavy atom. The lowest BCUT2D eigenvalue weighted by molar-refractivity contribution is -0.112. The number of carbonyl (C=O) groups is 1. The zero-order valence-electron chi connectivity index (χ0n) is 18.5. The van der Waals surface area contributed by atoms with Gasteiger partial charge in [-0.1, -0.05) is 12.1 Å². The summed E-state index contributed by atoms with van der Waals surface area (Å²) in [6, 6.07) is 5.95. The molecule has 1 saturated carbocycles. The minimum absolute atomic E-state index is 0.0990. The number of para-hydroxylation sites is 1. The molecule has 2 unspecified atom stereocenters. The molecule has 3 heterocycles. The van der Waals surface area contributed by atoms with Crippen LogP contribution in [0.25, 0.3) is 0 Å². The van der Waals surface area contributed by atoms with E-state index in [0.29, 0.717) is 26.3 Å². The van der Waals surface area contributed by atoms with E-state index < -0.39 is 11.6 Å². The van der Waals surface area contributed by atoms with Crippen LogP contribution in [0.4, 0.5) is 25.1 Å². The van der Waals surface area contributed by atoms with Crippen molar-refractivity contribution in [3.8, 4) is 5.88 Å². The SMILES string of the molecule is Cc1nc(Nc2ccccc2F)c(F)c(OC2C3COCC2CN(C(=O)OC2(C)CC2)C3)n1. The Kier molecular flexibility index (Phi) is 5.55. The lowest BCUT2D eigenvalue weighted by atomic mass is 9.84. The van der Waals surface area contributed by atoms with Crippen molar-refractivity contribution < 1.29 is 27.8 Å². The molecule has 8 nitrogen and oxygen atoms in total. The van der Waals surface area contributed by atoms with Crippen molar-refractivity contribution in [3.05, 3.63) is 41.7 Å². The summed E-state index contributed by atoms with van der Waals surface area (Å²) in [5.41, 5.74) is -0.249. The summed E-state index contributed by atoms with van der Waals surface area (Å²) in [5.74, 6) is -1.73. The Hall–Kier alpha value is -3.01. The number of ether oxygens (including phenoxy) is 3. The summed E-state index contributed by atoms with van der Waals surface area (Å²) in [6.45, 7) is 5.09. The monoisotopic (exact) mass is 460 g/mol. The maximum absolute atomic E-state index is 15.2. The van der Waals surface area contributed by atoms with Crippen LogP contribution in [0.1, 0.15) is 25.6 Å². The van der Waals surface area contributed by atoms with E-state index in [1.54, 1.807) is 24.0 Å². The first kappa shape index (κ1) is 21.8. The number of nitrogens with zero attached hydrogens (tertiary/aromatic N) is 3. The van der Waals surface area contributed by atoms with Crippen LogP contribution in [0, 0.1) is 30.4 Å². The fourth-order valence-corrected chi connectivity index (χ4v) is 4.31. The van der Waals surface area contributed by atoms with Crippen molar-refractivity contribution in [1.82, 2.24) is 14.9 Å². The minimum Gasteiger partial charge on any atom is -0.471 e. The normalized spacial score (nSPS) is 25.3. The maximum atomic E-state index is 15.2. The summed E-state index contributed by atoms with van der Waals surface area (Å²) in [4.78, 5) is 22.5. The number of hydrogen-bond donors (Lipinski definition) is 1. The van der Waals surface area contributed by atoms with Crippen LogP contribution >= 0.6 is 0 Å². The van der Waals surface area contributed by atoms with E-state index >= 15 is 4.39 Å². The molecule has 0 radical (unpaired) electrons. The molecule has 1 aromatic heterocycles. The number of anilines is 2. The topological polar surface area (TPSA) is 85.8 Å². The van der Waals surface area contributed by atoms with E-state index in [0.717, 1.165) is 12.8 Å². The first-order valence-electron chi connectivity index (χ1n) is 11.1. The van der Waals surface area contributed by atoms with Crippen molar-refractivity contribution >= 4 is 17.6 Å². The van der Waals surface area contributed by atoms with Crippen LogP contribution in [0.3, 0.4) is 0 Å². The molecule has 1 N–H and O–H groups in total. The van der Waals surface area contributed by atoms with Crippen molar-refractivity contribution in [2.24, 2.45) is 11.8 Å². The highest BCUT2D eigenvalue weighted by molar-refractivity contribution is 5.68. The molecule has 2 aromatic rings. The van der Waals surface area contributed by atoms with Crippen LogP contribution in [0.15, 0.2) is 24.3 Å².